The molecule has 1 nitrogen and oxygen atoms in total. The number of carbonyl (C=O) groups excluding carboxylic acids is 1. The van der Waals surface area contributed by atoms with Crippen LogP contribution in [0.25, 0.3) is 11.1 Å². The number of rotatable bonds is 3. The van der Waals surface area contributed by atoms with E-state index in [0.717, 1.165) is 6.42 Å². The molecule has 0 aliphatic heterocycles. The van der Waals surface area contributed by atoms with Gasteiger partial charge in [-0.05, 0) is 5.56 Å². The molecule has 0 aromatic heterocycles. The molecule has 8 heteroatoms. The third kappa shape index (κ3) is 6.31. The Morgan fingerprint density at radius 3 is 1.76 bits per heavy atom. The van der Waals surface area contributed by atoms with Crippen LogP contribution < -0.4 is 18.9 Å². The molecule has 1 unspecified atom stereocenters. The van der Waals surface area contributed by atoms with Gasteiger partial charge in [-0.3, -0.25) is 4.79 Å². The van der Waals surface area contributed by atoms with Crippen molar-refractivity contribution >= 4 is 72.8 Å². The zero-order valence-corrected chi connectivity index (χ0v) is 18.7. The maximum atomic E-state index is 11.7. The minimum atomic E-state index is -0.199. The molecule has 0 aliphatic rings. The van der Waals surface area contributed by atoms with Crippen LogP contribution in [0.5, 0.6) is 0 Å². The van der Waals surface area contributed by atoms with Gasteiger partial charge in [0, 0.05) is 11.1 Å². The minimum Gasteiger partial charge on any atom is -0.343 e. The molecule has 2 aromatic carbocycles. The van der Waals surface area contributed by atoms with Crippen molar-refractivity contribution in [1.29, 1.82) is 0 Å². The predicted molar refractivity (Wildman–Crippen MR) is 111 cm³/mol. The van der Waals surface area contributed by atoms with E-state index < -0.39 is 0 Å². The first-order valence-corrected chi connectivity index (χ1v) is 9.44. The molecule has 0 N–H and O–H groups in total. The summed E-state index contributed by atoms with van der Waals surface area (Å²) in [5.41, 5.74) is 1.17. The van der Waals surface area contributed by atoms with E-state index in [4.69, 9.17) is 58.0 Å². The molecule has 0 aliphatic carbocycles. The third-order valence-corrected chi connectivity index (χ3v) is 5.61. The Labute approximate surface area is 188 Å². The number of unbranched alkanes of at least 4 members (excludes halogenated alkanes) is 1. The van der Waals surface area contributed by atoms with Gasteiger partial charge in [0.1, 0.15) is 0 Å². The first kappa shape index (κ1) is 25.6. The molecule has 0 radical (unpaired) electrons. The van der Waals surface area contributed by atoms with Crippen molar-refractivity contribution in [1.82, 2.24) is 0 Å². The van der Waals surface area contributed by atoms with Crippen LogP contribution >= 0.6 is 67.2 Å². The van der Waals surface area contributed by atoms with Gasteiger partial charge in [-0.15, -0.1) is 0 Å². The molecule has 2 rings (SSSR count). The normalized spacial score (nSPS) is 9.76. The maximum Gasteiger partial charge on any atom is 1.00 e. The Hall–Kier alpha value is 0.587. The number of hydrogen-bond acceptors (Lipinski definition) is 1. The SMILES string of the molecule is O=C(P)c1ccccc1-c1c(Cl)c(Cl)c(Cl)c(Cl)c1Cl.[CH2-]CCC.[Li+]. The van der Waals surface area contributed by atoms with Gasteiger partial charge in [0.25, 0.3) is 0 Å². The first-order valence-electron chi connectivity index (χ1n) is 6.97. The summed E-state index contributed by atoms with van der Waals surface area (Å²) >= 11 is 30.5. The summed E-state index contributed by atoms with van der Waals surface area (Å²) in [6.45, 7) is 5.72. The van der Waals surface area contributed by atoms with Crippen LogP contribution in [0.4, 0.5) is 0 Å². The fourth-order valence-electron chi connectivity index (χ4n) is 1.76. The minimum absolute atomic E-state index is 0. The van der Waals surface area contributed by atoms with Crippen LogP contribution in [0, 0.1) is 6.92 Å². The van der Waals surface area contributed by atoms with Gasteiger partial charge in [0.15, 0.2) is 5.52 Å². The van der Waals surface area contributed by atoms with Gasteiger partial charge in [0.2, 0.25) is 0 Å². The van der Waals surface area contributed by atoms with Crippen LogP contribution in [0.1, 0.15) is 30.1 Å². The predicted octanol–water partition coefficient (Wildman–Crippen LogP) is 5.26. The van der Waals surface area contributed by atoms with Crippen molar-refractivity contribution in [3.63, 3.8) is 0 Å². The molecule has 2 aromatic rings. The molecular formula is C17H15Cl5LiOP. The molecule has 0 heterocycles. The molecule has 0 saturated heterocycles. The van der Waals surface area contributed by atoms with E-state index in [1.54, 1.807) is 24.3 Å². The van der Waals surface area contributed by atoms with Gasteiger partial charge in [-0.25, -0.2) is 0 Å². The Balaban J connectivity index is 0.00000104. The Kier molecular flexibility index (Phi) is 12.4. The van der Waals surface area contributed by atoms with Crippen molar-refractivity contribution in [2.24, 2.45) is 0 Å². The summed E-state index contributed by atoms with van der Waals surface area (Å²) in [4.78, 5) is 11.7. The summed E-state index contributed by atoms with van der Waals surface area (Å²) in [6.07, 6.45) is 2.28. The Morgan fingerprint density at radius 1 is 0.960 bits per heavy atom. The first-order chi connectivity index (χ1) is 11.3. The van der Waals surface area contributed by atoms with Gasteiger partial charge in [0.05, 0.1) is 25.1 Å². The molecule has 0 amide bonds. The molecular weight excluding hydrogens is 435 g/mol. The second-order valence-corrected chi connectivity index (χ2v) is 7.12. The van der Waals surface area contributed by atoms with Crippen LogP contribution in [0.3, 0.4) is 0 Å². The molecule has 130 valence electrons. The van der Waals surface area contributed by atoms with Crippen LogP contribution in [-0.4, -0.2) is 5.52 Å². The summed E-state index contributed by atoms with van der Waals surface area (Å²) in [5.74, 6) is 0. The van der Waals surface area contributed by atoms with Gasteiger partial charge in [-0.1, -0.05) is 105 Å². The average molecular weight is 450 g/mol. The van der Waals surface area contributed by atoms with Gasteiger partial charge >= 0.3 is 18.9 Å². The summed E-state index contributed by atoms with van der Waals surface area (Å²) in [6, 6.07) is 6.87. The molecule has 0 bridgehead atoms. The number of benzene rings is 2. The summed E-state index contributed by atoms with van der Waals surface area (Å²) in [7, 11) is 2.11. The zero-order valence-electron chi connectivity index (χ0n) is 13.8. The fourth-order valence-corrected chi connectivity index (χ4v) is 3.35. The van der Waals surface area contributed by atoms with E-state index in [1.165, 1.54) is 6.42 Å². The zero-order chi connectivity index (χ0) is 18.4. The summed E-state index contributed by atoms with van der Waals surface area (Å²) in [5, 5.41) is 0.601. The smallest absolute Gasteiger partial charge is 0.343 e. The standard InChI is InChI=1S/C13H6Cl5OP.C4H9.Li/c14-8-7(9(15)11(17)12(18)10(8)16)5-3-1-2-4-6(5)13(19)20;1-3-4-2;/h1-4H,20H2;1,3-4H2,2H3;/q;-1;+1. The second kappa shape index (κ2) is 12.1. The van der Waals surface area contributed by atoms with Crippen molar-refractivity contribution < 1.29 is 23.7 Å². The average Bonchev–Trinajstić information content (AvgIpc) is 2.59. The molecule has 0 spiro atoms. The maximum absolute atomic E-state index is 11.7. The van der Waals surface area contributed by atoms with E-state index in [0.29, 0.717) is 16.7 Å². The largest absolute Gasteiger partial charge is 1.00 e. The number of carbonyl (C=O) groups is 1. The molecule has 25 heavy (non-hydrogen) atoms. The Bertz CT molecular complexity index is 721. The van der Waals surface area contributed by atoms with Crippen molar-refractivity contribution in [3.05, 3.63) is 61.9 Å². The molecule has 0 fully saturated rings. The van der Waals surface area contributed by atoms with Crippen molar-refractivity contribution in [2.45, 2.75) is 19.8 Å². The summed E-state index contributed by atoms with van der Waals surface area (Å²) < 4.78 is 0. The van der Waals surface area contributed by atoms with Gasteiger partial charge in [-0.2, -0.15) is 6.42 Å². The molecule has 0 saturated carbocycles. The van der Waals surface area contributed by atoms with E-state index in [2.05, 4.69) is 23.1 Å². The van der Waals surface area contributed by atoms with Crippen LogP contribution in [0.15, 0.2) is 24.3 Å². The third-order valence-electron chi connectivity index (χ3n) is 3.03. The van der Waals surface area contributed by atoms with E-state index >= 15 is 0 Å². The van der Waals surface area contributed by atoms with Crippen molar-refractivity contribution in [2.75, 3.05) is 0 Å². The van der Waals surface area contributed by atoms with Gasteiger partial charge < -0.3 is 6.92 Å². The quantitative estimate of drug-likeness (QED) is 0.205. The molecule has 1 atom stereocenters. The van der Waals surface area contributed by atoms with E-state index in [1.807, 2.05) is 0 Å². The fraction of sp³-hybridized carbons (Fsp3) is 0.176. The topological polar surface area (TPSA) is 17.1 Å². The van der Waals surface area contributed by atoms with Crippen molar-refractivity contribution in [3.8, 4) is 11.1 Å². The monoisotopic (exact) mass is 448 g/mol. The van der Waals surface area contributed by atoms with Crippen LogP contribution in [-0.2, 0) is 0 Å². The van der Waals surface area contributed by atoms with Crippen LogP contribution in [0.2, 0.25) is 25.1 Å². The number of halogens is 5. The Morgan fingerprint density at radius 2 is 1.36 bits per heavy atom. The second-order valence-electron chi connectivity index (χ2n) is 4.71. The number of hydrogen-bond donors (Lipinski definition) is 0. The van der Waals surface area contributed by atoms with E-state index in [-0.39, 0.29) is 49.5 Å². The van der Waals surface area contributed by atoms with E-state index in [9.17, 15) is 4.79 Å².